The fourth-order valence-electron chi connectivity index (χ4n) is 3.78. The van der Waals surface area contributed by atoms with Gasteiger partial charge in [0.05, 0.1) is 19.5 Å². The fraction of sp³-hybridized carbons (Fsp3) is 0.292. The number of aromatic amines is 1. The summed E-state index contributed by atoms with van der Waals surface area (Å²) >= 11 is 0. The highest BCUT2D eigenvalue weighted by atomic mass is 19.1. The first-order valence-electron chi connectivity index (χ1n) is 10.7. The zero-order chi connectivity index (χ0) is 23.2. The fourth-order valence-corrected chi connectivity index (χ4v) is 3.78. The molecule has 0 unspecified atom stereocenters. The predicted molar refractivity (Wildman–Crippen MR) is 119 cm³/mol. The van der Waals surface area contributed by atoms with Crippen molar-refractivity contribution in [2.24, 2.45) is 0 Å². The summed E-state index contributed by atoms with van der Waals surface area (Å²) < 4.78 is 18.8. The summed E-state index contributed by atoms with van der Waals surface area (Å²) in [5.41, 5.74) is 1.59. The lowest BCUT2D eigenvalue weighted by Gasteiger charge is -2.29. The lowest BCUT2D eigenvalue weighted by molar-refractivity contribution is 0.0340. The van der Waals surface area contributed by atoms with Gasteiger partial charge >= 0.3 is 0 Å². The van der Waals surface area contributed by atoms with Crippen LogP contribution in [0.15, 0.2) is 59.7 Å². The number of rotatable bonds is 7. The summed E-state index contributed by atoms with van der Waals surface area (Å²) in [5.74, 6) is -1.70. The van der Waals surface area contributed by atoms with Gasteiger partial charge in [-0.25, -0.2) is 9.37 Å². The zero-order valence-electron chi connectivity index (χ0n) is 18.0. The van der Waals surface area contributed by atoms with Crippen LogP contribution in [0.25, 0.3) is 0 Å². The minimum Gasteiger partial charge on any atom is -0.501 e. The highest BCUT2D eigenvalue weighted by molar-refractivity contribution is 5.94. The molecule has 1 aliphatic rings. The van der Waals surface area contributed by atoms with E-state index in [4.69, 9.17) is 4.74 Å². The molecule has 0 atom stereocenters. The molecule has 0 saturated carbocycles. The Bertz CT molecular complexity index is 1160. The molecule has 2 N–H and O–H groups in total. The standard InChI is InChI=1S/C24H25FN4O4/c25-20-7-5-17(6-8-20)13-29(24(32)21-22(30)23(31)27-16-26-21)15-19-4-2-1-3-18(19)14-28-9-11-33-12-10-28/h1-8,16,30H,9-15H2,(H,26,27,31). The second kappa shape index (κ2) is 10.4. The van der Waals surface area contributed by atoms with Crippen LogP contribution in [-0.4, -0.2) is 57.1 Å². The Morgan fingerprint density at radius 2 is 1.79 bits per heavy atom. The number of benzene rings is 2. The van der Waals surface area contributed by atoms with Crippen LogP contribution in [0.2, 0.25) is 0 Å². The minimum absolute atomic E-state index is 0.152. The van der Waals surface area contributed by atoms with Crippen LogP contribution in [0, 0.1) is 5.82 Å². The van der Waals surface area contributed by atoms with Crippen LogP contribution in [0.3, 0.4) is 0 Å². The van der Waals surface area contributed by atoms with Crippen molar-refractivity contribution in [3.8, 4) is 5.75 Å². The van der Waals surface area contributed by atoms with Gasteiger partial charge in [0.1, 0.15) is 5.82 Å². The summed E-state index contributed by atoms with van der Waals surface area (Å²) in [7, 11) is 0. The molecule has 9 heteroatoms. The Hall–Kier alpha value is -3.56. The van der Waals surface area contributed by atoms with Gasteiger partial charge in [0.25, 0.3) is 11.5 Å². The average molecular weight is 452 g/mol. The molecule has 4 rings (SSSR count). The van der Waals surface area contributed by atoms with Crippen LogP contribution in [-0.2, 0) is 24.4 Å². The molecule has 1 aliphatic heterocycles. The second-order valence-electron chi connectivity index (χ2n) is 7.87. The highest BCUT2D eigenvalue weighted by Gasteiger charge is 2.24. The van der Waals surface area contributed by atoms with Crippen molar-refractivity contribution < 1.29 is 19.0 Å². The van der Waals surface area contributed by atoms with Crippen molar-refractivity contribution in [1.82, 2.24) is 19.8 Å². The molecule has 0 spiro atoms. The van der Waals surface area contributed by atoms with E-state index in [1.54, 1.807) is 12.1 Å². The Morgan fingerprint density at radius 1 is 1.09 bits per heavy atom. The first-order valence-corrected chi connectivity index (χ1v) is 10.7. The third-order valence-electron chi connectivity index (χ3n) is 5.58. The maximum absolute atomic E-state index is 13.4. The molecule has 0 radical (unpaired) electrons. The molecule has 0 bridgehead atoms. The van der Waals surface area contributed by atoms with E-state index in [2.05, 4.69) is 14.9 Å². The van der Waals surface area contributed by atoms with Crippen molar-refractivity contribution in [2.45, 2.75) is 19.6 Å². The van der Waals surface area contributed by atoms with Crippen molar-refractivity contribution >= 4 is 5.91 Å². The number of halogens is 1. The maximum atomic E-state index is 13.4. The van der Waals surface area contributed by atoms with Gasteiger partial charge in [-0.3, -0.25) is 14.5 Å². The smallest absolute Gasteiger partial charge is 0.293 e. The lowest BCUT2D eigenvalue weighted by atomic mass is 10.1. The molecule has 1 amide bonds. The molecule has 2 heterocycles. The molecule has 1 fully saturated rings. The molecular weight excluding hydrogens is 427 g/mol. The Labute approximate surface area is 190 Å². The molecule has 1 saturated heterocycles. The number of H-pyrrole nitrogens is 1. The highest BCUT2D eigenvalue weighted by Crippen LogP contribution is 2.20. The number of morpholine rings is 1. The normalized spacial score (nSPS) is 14.2. The van der Waals surface area contributed by atoms with Crippen LogP contribution in [0.5, 0.6) is 5.75 Å². The largest absolute Gasteiger partial charge is 0.501 e. The zero-order valence-corrected chi connectivity index (χ0v) is 18.0. The summed E-state index contributed by atoms with van der Waals surface area (Å²) in [6.07, 6.45) is 1.08. The SMILES string of the molecule is O=C(c1nc[nH]c(=O)c1O)N(Cc1ccc(F)cc1)Cc1ccccc1CN1CCOCC1. The Morgan fingerprint density at radius 3 is 2.52 bits per heavy atom. The number of hydrogen-bond donors (Lipinski definition) is 2. The number of aromatic nitrogens is 2. The van der Waals surface area contributed by atoms with E-state index < -0.39 is 17.2 Å². The van der Waals surface area contributed by atoms with E-state index >= 15 is 0 Å². The second-order valence-corrected chi connectivity index (χ2v) is 7.87. The van der Waals surface area contributed by atoms with Crippen LogP contribution in [0.4, 0.5) is 4.39 Å². The van der Waals surface area contributed by atoms with E-state index in [-0.39, 0.29) is 24.6 Å². The van der Waals surface area contributed by atoms with E-state index in [1.807, 2.05) is 24.3 Å². The number of nitrogens with one attached hydrogen (secondary N) is 1. The summed E-state index contributed by atoms with van der Waals surface area (Å²) in [6, 6.07) is 13.7. The Balaban J connectivity index is 1.63. The third kappa shape index (κ3) is 5.63. The lowest BCUT2D eigenvalue weighted by Crippen LogP contribution is -2.36. The van der Waals surface area contributed by atoms with Gasteiger partial charge in [0.2, 0.25) is 5.75 Å². The minimum atomic E-state index is -0.789. The number of carbonyl (C=O) groups is 1. The van der Waals surface area contributed by atoms with E-state index in [1.165, 1.54) is 17.0 Å². The van der Waals surface area contributed by atoms with Gasteiger partial charge < -0.3 is 19.7 Å². The monoisotopic (exact) mass is 452 g/mol. The van der Waals surface area contributed by atoms with Gasteiger partial charge in [-0.05, 0) is 28.8 Å². The molecule has 0 aliphatic carbocycles. The first-order chi connectivity index (χ1) is 16.0. The number of carbonyl (C=O) groups excluding carboxylic acids is 1. The van der Waals surface area contributed by atoms with E-state index in [9.17, 15) is 19.1 Å². The number of hydrogen-bond acceptors (Lipinski definition) is 6. The van der Waals surface area contributed by atoms with Crippen molar-refractivity contribution in [2.75, 3.05) is 26.3 Å². The van der Waals surface area contributed by atoms with Crippen LogP contribution in [0.1, 0.15) is 27.2 Å². The molecule has 3 aromatic rings. The maximum Gasteiger partial charge on any atom is 0.293 e. The Kier molecular flexibility index (Phi) is 7.11. The molecule has 172 valence electrons. The summed E-state index contributed by atoms with van der Waals surface area (Å²) in [5, 5.41) is 10.1. The number of nitrogens with zero attached hydrogens (tertiary/aromatic N) is 3. The number of amides is 1. The van der Waals surface area contributed by atoms with E-state index in [0.717, 1.165) is 30.5 Å². The van der Waals surface area contributed by atoms with Gasteiger partial charge in [-0.2, -0.15) is 0 Å². The number of aromatic hydroxyl groups is 1. The van der Waals surface area contributed by atoms with Gasteiger partial charge in [-0.15, -0.1) is 0 Å². The van der Waals surface area contributed by atoms with E-state index in [0.29, 0.717) is 25.3 Å². The van der Waals surface area contributed by atoms with Crippen molar-refractivity contribution in [3.63, 3.8) is 0 Å². The quantitative estimate of drug-likeness (QED) is 0.571. The topological polar surface area (TPSA) is 98.8 Å². The van der Waals surface area contributed by atoms with Crippen molar-refractivity contribution in [3.05, 3.63) is 93.4 Å². The van der Waals surface area contributed by atoms with Crippen LogP contribution >= 0.6 is 0 Å². The molecule has 8 nitrogen and oxygen atoms in total. The first kappa shape index (κ1) is 22.6. The molecule has 1 aromatic heterocycles. The number of ether oxygens (including phenoxy) is 1. The van der Waals surface area contributed by atoms with Crippen LogP contribution < -0.4 is 5.56 Å². The summed E-state index contributed by atoms with van der Waals surface area (Å²) in [6.45, 7) is 4.13. The average Bonchev–Trinajstić information content (AvgIpc) is 2.83. The third-order valence-corrected chi connectivity index (χ3v) is 5.58. The molecule has 2 aromatic carbocycles. The van der Waals surface area contributed by atoms with Gasteiger partial charge in [-0.1, -0.05) is 36.4 Å². The molecular formula is C24H25FN4O4. The van der Waals surface area contributed by atoms with Gasteiger partial charge in [0.15, 0.2) is 5.69 Å². The predicted octanol–water partition coefficient (Wildman–Crippen LogP) is 2.29. The molecule has 33 heavy (non-hydrogen) atoms. The summed E-state index contributed by atoms with van der Waals surface area (Å²) in [4.78, 5) is 35.1. The van der Waals surface area contributed by atoms with Gasteiger partial charge in [0, 0.05) is 32.7 Å². The van der Waals surface area contributed by atoms with Crippen molar-refractivity contribution in [1.29, 1.82) is 0 Å².